The van der Waals surface area contributed by atoms with E-state index in [1.807, 2.05) is 29.2 Å². The molecule has 1 amide bonds. The minimum Gasteiger partial charge on any atom is -0.497 e. The van der Waals surface area contributed by atoms with Gasteiger partial charge in [0, 0.05) is 25.6 Å². The Labute approximate surface area is 137 Å². The number of carbonyl (C=O) groups excluding carboxylic acids is 1. The standard InChI is InChI=1S/C18H26N2O3/c1-23-16-4-2-14(3-5-16)10-17(22)20-11-15(12-21)18(13-20)6-8-19-9-7-18/h2-5,15,19,21H,6-13H2,1H3. The Morgan fingerprint density at radius 3 is 2.65 bits per heavy atom. The van der Waals surface area contributed by atoms with Crippen LogP contribution in [-0.2, 0) is 11.2 Å². The van der Waals surface area contributed by atoms with Gasteiger partial charge in [-0.05, 0) is 49.0 Å². The van der Waals surface area contributed by atoms with Crippen LogP contribution >= 0.6 is 0 Å². The van der Waals surface area contributed by atoms with Crippen LogP contribution in [0.25, 0.3) is 0 Å². The predicted molar refractivity (Wildman–Crippen MR) is 88.4 cm³/mol. The summed E-state index contributed by atoms with van der Waals surface area (Å²) in [5.41, 5.74) is 1.11. The molecule has 1 aromatic rings. The number of hydrogen-bond donors (Lipinski definition) is 2. The Bertz CT molecular complexity index is 538. The largest absolute Gasteiger partial charge is 0.497 e. The molecule has 126 valence electrons. The lowest BCUT2D eigenvalue weighted by Crippen LogP contribution is -2.43. The Balaban J connectivity index is 1.65. The lowest BCUT2D eigenvalue weighted by molar-refractivity contribution is -0.130. The van der Waals surface area contributed by atoms with Crippen molar-refractivity contribution in [2.45, 2.75) is 19.3 Å². The van der Waals surface area contributed by atoms with Gasteiger partial charge in [-0.1, -0.05) is 12.1 Å². The van der Waals surface area contributed by atoms with E-state index in [9.17, 15) is 9.90 Å². The average molecular weight is 318 g/mol. The molecule has 3 rings (SSSR count). The molecule has 0 bridgehead atoms. The molecule has 0 aromatic heterocycles. The first-order chi connectivity index (χ1) is 11.2. The smallest absolute Gasteiger partial charge is 0.227 e. The fourth-order valence-corrected chi connectivity index (χ4v) is 4.00. The van der Waals surface area contributed by atoms with Crippen molar-refractivity contribution in [1.29, 1.82) is 0 Å². The monoisotopic (exact) mass is 318 g/mol. The zero-order valence-electron chi connectivity index (χ0n) is 13.8. The maximum Gasteiger partial charge on any atom is 0.227 e. The highest BCUT2D eigenvalue weighted by Gasteiger charge is 2.47. The molecule has 1 atom stereocenters. The first kappa shape index (κ1) is 16.3. The molecule has 2 saturated heterocycles. The van der Waals surface area contributed by atoms with Crippen molar-refractivity contribution >= 4 is 5.91 Å². The summed E-state index contributed by atoms with van der Waals surface area (Å²) in [4.78, 5) is 14.6. The molecule has 2 fully saturated rings. The molecule has 5 nitrogen and oxygen atoms in total. The Hall–Kier alpha value is -1.59. The summed E-state index contributed by atoms with van der Waals surface area (Å²) in [6.45, 7) is 3.61. The van der Waals surface area contributed by atoms with E-state index in [1.165, 1.54) is 0 Å². The second-order valence-electron chi connectivity index (χ2n) is 6.79. The number of ether oxygens (including phenoxy) is 1. The van der Waals surface area contributed by atoms with Crippen LogP contribution in [0.2, 0.25) is 0 Å². The highest BCUT2D eigenvalue weighted by atomic mass is 16.5. The van der Waals surface area contributed by atoms with Crippen LogP contribution in [0.5, 0.6) is 5.75 Å². The van der Waals surface area contributed by atoms with Crippen molar-refractivity contribution in [3.05, 3.63) is 29.8 Å². The minimum atomic E-state index is 0.107. The van der Waals surface area contributed by atoms with E-state index >= 15 is 0 Å². The van der Waals surface area contributed by atoms with E-state index < -0.39 is 0 Å². The summed E-state index contributed by atoms with van der Waals surface area (Å²) in [6.07, 6.45) is 2.51. The van der Waals surface area contributed by atoms with Gasteiger partial charge in [0.15, 0.2) is 0 Å². The maximum atomic E-state index is 12.7. The Morgan fingerprint density at radius 2 is 2.04 bits per heavy atom. The molecule has 1 unspecified atom stereocenters. The number of methoxy groups -OCH3 is 1. The summed E-state index contributed by atoms with van der Waals surface area (Å²) >= 11 is 0. The molecule has 2 aliphatic rings. The Morgan fingerprint density at radius 1 is 1.35 bits per heavy atom. The fourth-order valence-electron chi connectivity index (χ4n) is 4.00. The molecule has 0 radical (unpaired) electrons. The van der Waals surface area contributed by atoms with Gasteiger partial charge < -0.3 is 20.1 Å². The Kier molecular flexibility index (Phi) is 4.87. The van der Waals surface area contributed by atoms with Crippen molar-refractivity contribution in [2.24, 2.45) is 11.3 Å². The molecule has 5 heteroatoms. The van der Waals surface area contributed by atoms with Crippen molar-refractivity contribution in [3.63, 3.8) is 0 Å². The highest BCUT2D eigenvalue weighted by Crippen LogP contribution is 2.43. The lowest BCUT2D eigenvalue weighted by atomic mass is 9.71. The van der Waals surface area contributed by atoms with E-state index in [2.05, 4.69) is 5.32 Å². The normalized spacial score (nSPS) is 23.2. The molecule has 2 N–H and O–H groups in total. The van der Waals surface area contributed by atoms with Crippen LogP contribution in [0, 0.1) is 11.3 Å². The van der Waals surface area contributed by atoms with Crippen LogP contribution in [0.4, 0.5) is 0 Å². The van der Waals surface area contributed by atoms with Gasteiger partial charge >= 0.3 is 0 Å². The van der Waals surface area contributed by atoms with Crippen molar-refractivity contribution < 1.29 is 14.6 Å². The van der Waals surface area contributed by atoms with Gasteiger partial charge in [-0.25, -0.2) is 0 Å². The third-order valence-electron chi connectivity index (χ3n) is 5.50. The number of piperidine rings is 1. The average Bonchev–Trinajstić information content (AvgIpc) is 2.94. The first-order valence-corrected chi connectivity index (χ1v) is 8.39. The van der Waals surface area contributed by atoms with Crippen LogP contribution in [-0.4, -0.2) is 55.8 Å². The number of hydrogen-bond acceptors (Lipinski definition) is 4. The topological polar surface area (TPSA) is 61.8 Å². The van der Waals surface area contributed by atoms with Crippen LogP contribution < -0.4 is 10.1 Å². The second kappa shape index (κ2) is 6.89. The molecule has 1 aromatic carbocycles. The van der Waals surface area contributed by atoms with Gasteiger partial charge in [0.25, 0.3) is 0 Å². The summed E-state index contributed by atoms with van der Waals surface area (Å²) < 4.78 is 5.15. The zero-order chi connectivity index (χ0) is 16.3. The zero-order valence-corrected chi connectivity index (χ0v) is 13.8. The van der Waals surface area contributed by atoms with Crippen LogP contribution in [0.3, 0.4) is 0 Å². The number of nitrogens with one attached hydrogen (secondary N) is 1. The number of aliphatic hydroxyl groups is 1. The molecule has 0 saturated carbocycles. The fraction of sp³-hybridized carbons (Fsp3) is 0.611. The predicted octanol–water partition coefficient (Wildman–Crippen LogP) is 1.06. The SMILES string of the molecule is COc1ccc(CC(=O)N2CC(CO)C3(CCNCC3)C2)cc1. The van der Waals surface area contributed by atoms with Gasteiger partial charge in [-0.15, -0.1) is 0 Å². The van der Waals surface area contributed by atoms with Crippen molar-refractivity contribution in [2.75, 3.05) is 39.9 Å². The number of aliphatic hydroxyl groups excluding tert-OH is 1. The van der Waals surface area contributed by atoms with Crippen LogP contribution in [0.1, 0.15) is 18.4 Å². The van der Waals surface area contributed by atoms with Gasteiger partial charge in [-0.2, -0.15) is 0 Å². The van der Waals surface area contributed by atoms with E-state index in [0.717, 1.165) is 43.8 Å². The number of benzene rings is 1. The number of rotatable bonds is 4. The maximum absolute atomic E-state index is 12.7. The molecule has 2 aliphatic heterocycles. The third kappa shape index (κ3) is 3.35. The summed E-state index contributed by atoms with van der Waals surface area (Å²) in [6, 6.07) is 7.65. The van der Waals surface area contributed by atoms with E-state index in [-0.39, 0.29) is 23.8 Å². The number of carbonyl (C=O) groups is 1. The van der Waals surface area contributed by atoms with Crippen LogP contribution in [0.15, 0.2) is 24.3 Å². The lowest BCUT2D eigenvalue weighted by Gasteiger charge is -2.37. The van der Waals surface area contributed by atoms with Crippen molar-refractivity contribution in [3.8, 4) is 5.75 Å². The first-order valence-electron chi connectivity index (χ1n) is 8.39. The summed E-state index contributed by atoms with van der Waals surface area (Å²) in [5, 5.41) is 13.1. The molecule has 23 heavy (non-hydrogen) atoms. The van der Waals surface area contributed by atoms with Gasteiger partial charge in [0.1, 0.15) is 5.75 Å². The number of likely N-dealkylation sites (tertiary alicyclic amines) is 1. The van der Waals surface area contributed by atoms with Crippen molar-refractivity contribution in [1.82, 2.24) is 10.2 Å². The van der Waals surface area contributed by atoms with E-state index in [4.69, 9.17) is 4.74 Å². The molecule has 0 aliphatic carbocycles. The molecule has 1 spiro atoms. The molecular weight excluding hydrogens is 292 g/mol. The van der Waals surface area contributed by atoms with E-state index in [1.54, 1.807) is 7.11 Å². The molecule has 2 heterocycles. The quantitative estimate of drug-likeness (QED) is 0.871. The molecular formula is C18H26N2O3. The van der Waals surface area contributed by atoms with Gasteiger partial charge in [0.05, 0.1) is 13.5 Å². The third-order valence-corrected chi connectivity index (χ3v) is 5.50. The van der Waals surface area contributed by atoms with Gasteiger partial charge in [0.2, 0.25) is 5.91 Å². The summed E-state index contributed by atoms with van der Waals surface area (Å²) in [7, 11) is 1.64. The van der Waals surface area contributed by atoms with Gasteiger partial charge in [-0.3, -0.25) is 4.79 Å². The number of amides is 1. The highest BCUT2D eigenvalue weighted by molar-refractivity contribution is 5.79. The second-order valence-corrected chi connectivity index (χ2v) is 6.79. The number of nitrogens with zero attached hydrogens (tertiary/aromatic N) is 1. The minimum absolute atomic E-state index is 0.107. The van der Waals surface area contributed by atoms with E-state index in [0.29, 0.717) is 13.0 Å². The summed E-state index contributed by atoms with van der Waals surface area (Å²) in [5.74, 6) is 1.17.